The van der Waals surface area contributed by atoms with E-state index in [0.29, 0.717) is 0 Å². The molecule has 13 nitrogen and oxygen atoms in total. The second-order valence-corrected chi connectivity index (χ2v) is 11.9. The molecule has 2 amide bonds. The summed E-state index contributed by atoms with van der Waals surface area (Å²) < 4.78 is 28.8. The molecule has 0 fully saturated rings. The van der Waals surface area contributed by atoms with Gasteiger partial charge < -0.3 is 20.7 Å². The lowest BCUT2D eigenvalue weighted by atomic mass is 9.84. The van der Waals surface area contributed by atoms with Crippen molar-refractivity contribution in [2.24, 2.45) is 22.4 Å². The van der Waals surface area contributed by atoms with Crippen molar-refractivity contribution in [2.75, 3.05) is 7.05 Å². The Kier molecular flexibility index (Phi) is 9.63. The van der Waals surface area contributed by atoms with Gasteiger partial charge in [0.25, 0.3) is 5.56 Å². The number of likely N-dealkylation sites (N-methyl/N-ethyl adjacent to an activating group) is 1. The predicted molar refractivity (Wildman–Crippen MR) is 137 cm³/mol. The second kappa shape index (κ2) is 11.9. The van der Waals surface area contributed by atoms with Crippen molar-refractivity contribution >= 4 is 32.7 Å². The zero-order chi connectivity index (χ0) is 28.1. The normalized spacial score (nSPS) is 15.6. The SMILES string of the molecule is CNC(=O)C(NC(=O)[C@H](CC(C)C)C(NS(=O)(=O)c1ccc2nc[nH]c(=O)c2c1)C(O)N=O)C(C)(C)C. The number of fused-ring (bicyclic) bond motifs is 1. The molecule has 37 heavy (non-hydrogen) atoms. The topological polar surface area (TPSA) is 200 Å². The van der Waals surface area contributed by atoms with Gasteiger partial charge in [-0.15, -0.1) is 4.91 Å². The number of nitrogens with one attached hydrogen (secondary N) is 4. The smallest absolute Gasteiger partial charge is 0.258 e. The molecule has 0 bridgehead atoms. The van der Waals surface area contributed by atoms with Gasteiger partial charge in [0.05, 0.1) is 34.1 Å². The van der Waals surface area contributed by atoms with E-state index in [0.717, 1.165) is 6.07 Å². The van der Waals surface area contributed by atoms with E-state index in [1.54, 1.807) is 34.6 Å². The standard InChI is InChI=1S/C23H34N6O7S/c1-12(2)9-15(20(31)27-18(22(33)24-6)23(3,4)5)17(21(32)28-34)29-37(35,36)13-7-8-16-14(10-13)19(30)26-11-25-16/h7-8,10-12,15,17-18,21,29,32H,9H2,1-6H3,(H,24,33)(H,27,31)(H,25,26,30)/t15-,17?,18?,21?/m1/s1. The number of sulfonamides is 1. The van der Waals surface area contributed by atoms with Crippen LogP contribution in [0.25, 0.3) is 10.9 Å². The third kappa shape index (κ3) is 7.40. The van der Waals surface area contributed by atoms with Crippen LogP contribution in [0.3, 0.4) is 0 Å². The fraction of sp³-hybridized carbons (Fsp3) is 0.565. The van der Waals surface area contributed by atoms with Crippen molar-refractivity contribution < 1.29 is 23.1 Å². The summed E-state index contributed by atoms with van der Waals surface area (Å²) in [5.41, 5.74) is -1.01. The molecule has 14 heteroatoms. The summed E-state index contributed by atoms with van der Waals surface area (Å²) in [6.07, 6.45) is -0.891. The molecule has 0 aliphatic rings. The van der Waals surface area contributed by atoms with E-state index in [1.807, 2.05) is 0 Å². The molecule has 1 heterocycles. The van der Waals surface area contributed by atoms with Crippen LogP contribution >= 0.6 is 0 Å². The van der Waals surface area contributed by atoms with Crippen LogP contribution in [0.1, 0.15) is 41.0 Å². The number of H-pyrrole nitrogens is 1. The van der Waals surface area contributed by atoms with Crippen molar-refractivity contribution in [1.82, 2.24) is 25.3 Å². The molecule has 4 atom stereocenters. The van der Waals surface area contributed by atoms with Gasteiger partial charge in [0.1, 0.15) is 6.04 Å². The maximum Gasteiger partial charge on any atom is 0.258 e. The lowest BCUT2D eigenvalue weighted by Gasteiger charge is -2.34. The predicted octanol–water partition coefficient (Wildman–Crippen LogP) is 0.594. The van der Waals surface area contributed by atoms with Gasteiger partial charge in [-0.1, -0.05) is 34.6 Å². The third-order valence-electron chi connectivity index (χ3n) is 5.80. The first-order valence-corrected chi connectivity index (χ1v) is 13.1. The Morgan fingerprint density at radius 2 is 1.84 bits per heavy atom. The van der Waals surface area contributed by atoms with Crippen LogP contribution in [-0.2, 0) is 19.6 Å². The minimum absolute atomic E-state index is 0.00561. The maximum atomic E-state index is 13.4. The Balaban J connectivity index is 2.51. The summed E-state index contributed by atoms with van der Waals surface area (Å²) in [5, 5.41) is 18.1. The molecule has 3 unspecified atom stereocenters. The highest BCUT2D eigenvalue weighted by Crippen LogP contribution is 2.25. The molecule has 1 aromatic carbocycles. The number of hydrogen-bond acceptors (Lipinski definition) is 9. The lowest BCUT2D eigenvalue weighted by Crippen LogP contribution is -2.58. The molecular weight excluding hydrogens is 504 g/mol. The van der Waals surface area contributed by atoms with Crippen LogP contribution in [0, 0.1) is 22.2 Å². The number of aromatic nitrogens is 2. The molecule has 204 valence electrons. The molecule has 5 N–H and O–H groups in total. The zero-order valence-electron chi connectivity index (χ0n) is 21.6. The van der Waals surface area contributed by atoms with E-state index >= 15 is 0 Å². The minimum atomic E-state index is -4.46. The fourth-order valence-corrected chi connectivity index (χ4v) is 5.17. The number of nitroso groups, excluding NO2 is 1. The van der Waals surface area contributed by atoms with Gasteiger partial charge in [-0.3, -0.25) is 14.4 Å². The maximum absolute atomic E-state index is 13.4. The van der Waals surface area contributed by atoms with Gasteiger partial charge in [-0.2, -0.15) is 0 Å². The monoisotopic (exact) mass is 538 g/mol. The third-order valence-corrected chi connectivity index (χ3v) is 7.26. The summed E-state index contributed by atoms with van der Waals surface area (Å²) in [4.78, 5) is 55.3. The fourth-order valence-electron chi connectivity index (χ4n) is 3.87. The molecule has 0 saturated heterocycles. The van der Waals surface area contributed by atoms with Crippen LogP contribution in [-0.4, -0.2) is 60.7 Å². The number of rotatable bonds is 11. The van der Waals surface area contributed by atoms with Crippen LogP contribution in [0.15, 0.2) is 39.4 Å². The number of aliphatic hydroxyl groups excluding tert-OH is 1. The average Bonchev–Trinajstić information content (AvgIpc) is 2.82. The summed E-state index contributed by atoms with van der Waals surface area (Å²) in [6, 6.07) is 0.974. The van der Waals surface area contributed by atoms with Gasteiger partial charge in [-0.25, -0.2) is 18.1 Å². The summed E-state index contributed by atoms with van der Waals surface area (Å²) in [5.74, 6) is -2.65. The summed E-state index contributed by atoms with van der Waals surface area (Å²) >= 11 is 0. The Bertz CT molecular complexity index is 1300. The minimum Gasteiger partial charge on any atom is -0.368 e. The largest absolute Gasteiger partial charge is 0.368 e. The molecule has 1 aromatic heterocycles. The molecule has 0 aliphatic carbocycles. The second-order valence-electron chi connectivity index (χ2n) is 10.2. The number of amides is 2. The van der Waals surface area contributed by atoms with E-state index in [9.17, 15) is 32.8 Å². The first-order chi connectivity index (χ1) is 17.1. The zero-order valence-corrected chi connectivity index (χ0v) is 22.4. The highest BCUT2D eigenvalue weighted by molar-refractivity contribution is 7.89. The molecule has 2 rings (SSSR count). The van der Waals surface area contributed by atoms with Crippen LogP contribution < -0.4 is 20.9 Å². The highest BCUT2D eigenvalue weighted by Gasteiger charge is 2.41. The summed E-state index contributed by atoms with van der Waals surface area (Å²) in [6.45, 7) is 8.76. The van der Waals surface area contributed by atoms with E-state index < -0.39 is 57.0 Å². The van der Waals surface area contributed by atoms with Gasteiger partial charge in [0.2, 0.25) is 28.1 Å². The Morgan fingerprint density at radius 1 is 1.19 bits per heavy atom. The summed E-state index contributed by atoms with van der Waals surface area (Å²) in [7, 11) is -3.05. The first-order valence-electron chi connectivity index (χ1n) is 11.6. The van der Waals surface area contributed by atoms with Crippen molar-refractivity contribution in [3.63, 3.8) is 0 Å². The van der Waals surface area contributed by atoms with E-state index in [-0.39, 0.29) is 28.1 Å². The Hall–Kier alpha value is -3.23. The molecule has 0 saturated carbocycles. The highest BCUT2D eigenvalue weighted by atomic mass is 32.2. The molecule has 2 aromatic rings. The quantitative estimate of drug-likeness (QED) is 0.256. The number of nitrogens with zero attached hydrogens (tertiary/aromatic N) is 2. The van der Waals surface area contributed by atoms with Crippen LogP contribution in [0.2, 0.25) is 0 Å². The van der Waals surface area contributed by atoms with Crippen molar-refractivity contribution in [2.45, 2.75) is 64.2 Å². The number of aliphatic hydroxyl groups is 1. The number of benzene rings is 1. The van der Waals surface area contributed by atoms with E-state index in [4.69, 9.17) is 0 Å². The van der Waals surface area contributed by atoms with Crippen LogP contribution in [0.5, 0.6) is 0 Å². The van der Waals surface area contributed by atoms with Gasteiger partial charge in [-0.05, 0) is 41.1 Å². The van der Waals surface area contributed by atoms with Gasteiger partial charge >= 0.3 is 0 Å². The van der Waals surface area contributed by atoms with Crippen LogP contribution in [0.4, 0.5) is 0 Å². The van der Waals surface area contributed by atoms with Gasteiger partial charge in [0.15, 0.2) is 0 Å². The van der Waals surface area contributed by atoms with Gasteiger partial charge in [0, 0.05) is 7.05 Å². The first kappa shape index (κ1) is 30.0. The molecule has 0 aliphatic heterocycles. The van der Waals surface area contributed by atoms with Crippen molar-refractivity contribution in [3.05, 3.63) is 39.8 Å². The number of carbonyl (C=O) groups excluding carboxylic acids is 2. The molecule has 0 radical (unpaired) electrons. The number of hydrogen-bond donors (Lipinski definition) is 5. The average molecular weight is 539 g/mol. The van der Waals surface area contributed by atoms with Crippen molar-refractivity contribution in [3.8, 4) is 0 Å². The van der Waals surface area contributed by atoms with Crippen molar-refractivity contribution in [1.29, 1.82) is 0 Å². The Labute approximate surface area is 214 Å². The van der Waals surface area contributed by atoms with E-state index in [1.165, 1.54) is 25.5 Å². The molecular formula is C23H34N6O7S. The number of carbonyl (C=O) groups is 2. The molecule has 0 spiro atoms. The van der Waals surface area contributed by atoms with E-state index in [2.05, 4.69) is 30.5 Å². The number of aromatic amines is 1. The lowest BCUT2D eigenvalue weighted by molar-refractivity contribution is -0.134. The Morgan fingerprint density at radius 3 is 2.38 bits per heavy atom.